The van der Waals surface area contributed by atoms with Gasteiger partial charge >= 0.3 is 6.03 Å². The van der Waals surface area contributed by atoms with Crippen LogP contribution in [0.25, 0.3) is 0 Å². The summed E-state index contributed by atoms with van der Waals surface area (Å²) in [7, 11) is -3.55. The second-order valence-corrected chi connectivity index (χ2v) is 19.6. The molecule has 5 aliphatic rings. The number of hydrogen-bond acceptors (Lipinski definition) is 7. The number of sulfone groups is 1. The van der Waals surface area contributed by atoms with Gasteiger partial charge in [0, 0.05) is 24.4 Å². The van der Waals surface area contributed by atoms with E-state index in [-0.39, 0.29) is 29.5 Å². The number of carbonyl (C=O) groups excluding carboxylic acids is 5. The molecule has 13 heteroatoms. The molecule has 50 heavy (non-hydrogen) atoms. The summed E-state index contributed by atoms with van der Waals surface area (Å²) in [5.41, 5.74) is 0.180. The van der Waals surface area contributed by atoms with Crippen LogP contribution in [0.15, 0.2) is 11.6 Å². The van der Waals surface area contributed by atoms with Crippen LogP contribution in [0.3, 0.4) is 0 Å². The van der Waals surface area contributed by atoms with Gasteiger partial charge in [-0.3, -0.25) is 19.2 Å². The number of amides is 5. The van der Waals surface area contributed by atoms with E-state index < -0.39 is 67.8 Å². The monoisotopic (exact) mass is 717 g/mol. The highest BCUT2D eigenvalue weighted by atomic mass is 32.2. The van der Waals surface area contributed by atoms with Crippen LogP contribution < -0.4 is 21.3 Å². The Balaban J connectivity index is 1.32. The molecule has 4 saturated carbocycles. The maximum atomic E-state index is 14.3. The minimum absolute atomic E-state index is 0.0108. The predicted octanol–water partition coefficient (Wildman–Crippen LogP) is 3.54. The van der Waals surface area contributed by atoms with Crippen molar-refractivity contribution in [2.45, 2.75) is 153 Å². The molecule has 280 valence electrons. The third kappa shape index (κ3) is 8.91. The number of carbonyl (C=O) groups is 5. The number of likely N-dealkylation sites (tertiary alicyclic amines) is 1. The Morgan fingerprint density at radius 3 is 2.20 bits per heavy atom. The van der Waals surface area contributed by atoms with E-state index in [9.17, 15) is 32.4 Å². The molecule has 0 radical (unpaired) electrons. The van der Waals surface area contributed by atoms with Gasteiger partial charge in [0.05, 0.1) is 22.1 Å². The summed E-state index contributed by atoms with van der Waals surface area (Å²) >= 11 is 0. The highest BCUT2D eigenvalue weighted by molar-refractivity contribution is 7.92. The molecule has 12 nitrogen and oxygen atoms in total. The number of fused-ring (bicyclic) bond motifs is 1. The predicted molar refractivity (Wildman–Crippen MR) is 191 cm³/mol. The molecule has 0 aromatic heterocycles. The largest absolute Gasteiger partial charge is 0.347 e. The van der Waals surface area contributed by atoms with Crippen molar-refractivity contribution in [3.8, 4) is 0 Å². The Hall–Kier alpha value is -2.96. The summed E-state index contributed by atoms with van der Waals surface area (Å²) in [5, 5.41) is 11.5. The molecule has 0 aromatic carbocycles. The van der Waals surface area contributed by atoms with Crippen LogP contribution in [-0.2, 0) is 29.0 Å². The lowest BCUT2D eigenvalue weighted by Gasteiger charge is -2.40. The smallest absolute Gasteiger partial charge is 0.315 e. The second-order valence-electron chi connectivity index (χ2n) is 16.9. The Morgan fingerprint density at radius 2 is 1.64 bits per heavy atom. The lowest BCUT2D eigenvalue weighted by Crippen LogP contribution is -2.62. The van der Waals surface area contributed by atoms with E-state index in [1.807, 2.05) is 20.8 Å². The molecule has 1 heterocycles. The zero-order chi connectivity index (χ0) is 36.6. The fourth-order valence-corrected chi connectivity index (χ4v) is 9.28. The van der Waals surface area contributed by atoms with Gasteiger partial charge < -0.3 is 26.2 Å². The second kappa shape index (κ2) is 14.9. The minimum Gasteiger partial charge on any atom is -0.347 e. The lowest BCUT2D eigenvalue weighted by atomic mass is 9.83. The first-order valence-electron chi connectivity index (χ1n) is 18.9. The van der Waals surface area contributed by atoms with Crippen LogP contribution in [0.1, 0.15) is 119 Å². The minimum atomic E-state index is -3.55. The van der Waals surface area contributed by atoms with Gasteiger partial charge in [-0.15, -0.1) is 0 Å². The molecule has 0 aromatic rings. The van der Waals surface area contributed by atoms with Crippen molar-refractivity contribution in [3.63, 3.8) is 0 Å². The summed E-state index contributed by atoms with van der Waals surface area (Å²) in [6.45, 7) is 11.0. The summed E-state index contributed by atoms with van der Waals surface area (Å²) in [5.74, 6) is -2.37. The van der Waals surface area contributed by atoms with E-state index in [0.29, 0.717) is 31.7 Å². The van der Waals surface area contributed by atoms with Gasteiger partial charge in [-0.2, -0.15) is 0 Å². The number of urea groups is 1. The van der Waals surface area contributed by atoms with E-state index >= 15 is 0 Å². The summed E-state index contributed by atoms with van der Waals surface area (Å²) in [4.78, 5) is 69.7. The Labute approximate surface area is 298 Å². The quantitative estimate of drug-likeness (QED) is 0.148. The molecule has 5 rings (SSSR count). The fraction of sp³-hybridized carbons (Fsp3) is 0.811. The van der Waals surface area contributed by atoms with Crippen molar-refractivity contribution in [3.05, 3.63) is 11.6 Å². The molecule has 5 unspecified atom stereocenters. The Morgan fingerprint density at radius 1 is 0.980 bits per heavy atom. The number of nitrogens with zero attached hydrogens (tertiary/aromatic N) is 1. The first kappa shape index (κ1) is 38.3. The molecule has 0 bridgehead atoms. The first-order chi connectivity index (χ1) is 23.5. The van der Waals surface area contributed by atoms with E-state index in [2.05, 4.69) is 27.3 Å². The maximum absolute atomic E-state index is 14.3. The van der Waals surface area contributed by atoms with Crippen molar-refractivity contribution < 1.29 is 32.4 Å². The van der Waals surface area contributed by atoms with E-state index in [4.69, 9.17) is 0 Å². The zero-order valence-corrected chi connectivity index (χ0v) is 31.6. The normalized spacial score (nSPS) is 26.5. The molecule has 1 saturated heterocycles. The van der Waals surface area contributed by atoms with Crippen molar-refractivity contribution in [1.82, 2.24) is 26.2 Å². The van der Waals surface area contributed by atoms with Gasteiger partial charge in [0.25, 0.3) is 5.91 Å². The summed E-state index contributed by atoms with van der Waals surface area (Å²) < 4.78 is 25.6. The number of allylic oxidation sites excluding steroid dienone is 1. The molecule has 4 N–H and O–H groups in total. The van der Waals surface area contributed by atoms with Crippen LogP contribution in [0.5, 0.6) is 0 Å². The van der Waals surface area contributed by atoms with Crippen molar-refractivity contribution in [2.75, 3.05) is 12.3 Å². The Kier molecular flexibility index (Phi) is 11.4. The highest BCUT2D eigenvalue weighted by Gasteiger charge is 2.61. The summed E-state index contributed by atoms with van der Waals surface area (Å²) in [6, 6.07) is -3.42. The van der Waals surface area contributed by atoms with Gasteiger partial charge in [-0.25, -0.2) is 13.2 Å². The van der Waals surface area contributed by atoms with Crippen molar-refractivity contribution >= 4 is 39.4 Å². The molecule has 5 atom stereocenters. The van der Waals surface area contributed by atoms with E-state index in [0.717, 1.165) is 63.4 Å². The molecule has 5 amide bonds. The van der Waals surface area contributed by atoms with Gasteiger partial charge in [-0.05, 0) is 77.6 Å². The molecule has 5 fully saturated rings. The average Bonchev–Trinajstić information content (AvgIpc) is 3.97. The SMILES string of the molecule is CCC=C1C2CN(C(=O)C(NC(=O)NC3(CS(=O)(=O)C(C)(C)C)CCCCC3)C(C)C)C(C(=O)NC(CCC3CC3)C(=O)C(=O)NC3CC3)C12. The summed E-state index contributed by atoms with van der Waals surface area (Å²) in [6.07, 6.45) is 11.4. The number of hydrogen-bond donors (Lipinski definition) is 4. The first-order valence-corrected chi connectivity index (χ1v) is 20.6. The highest BCUT2D eigenvalue weighted by Crippen LogP contribution is 2.55. The van der Waals surface area contributed by atoms with Gasteiger partial charge in [-0.1, -0.05) is 64.5 Å². The molecule has 4 aliphatic carbocycles. The maximum Gasteiger partial charge on any atom is 0.315 e. The fourth-order valence-electron chi connectivity index (χ4n) is 7.76. The van der Waals surface area contributed by atoms with E-state index in [1.54, 1.807) is 20.8 Å². The third-order valence-electron chi connectivity index (χ3n) is 11.3. The van der Waals surface area contributed by atoms with Crippen LogP contribution in [-0.4, -0.2) is 89.6 Å². The van der Waals surface area contributed by atoms with Crippen LogP contribution in [0, 0.1) is 23.7 Å². The number of piperidine rings is 1. The topological polar surface area (TPSA) is 171 Å². The molecular formula is C37H59N5O7S. The van der Waals surface area contributed by atoms with Crippen LogP contribution >= 0.6 is 0 Å². The molecular weight excluding hydrogens is 659 g/mol. The number of rotatable bonds is 15. The van der Waals surface area contributed by atoms with Crippen molar-refractivity contribution in [1.29, 1.82) is 0 Å². The number of Topliss-reactive ketones (excluding diaryl/α,β-unsaturated/α-hetero) is 1. The zero-order valence-electron chi connectivity index (χ0n) is 30.8. The van der Waals surface area contributed by atoms with Gasteiger partial charge in [0.2, 0.25) is 17.6 Å². The lowest BCUT2D eigenvalue weighted by molar-refractivity contribution is -0.143. The standard InChI is InChI=1S/C37H59N5O7S/c1-7-11-25-26-20-42(30(28(25)26)32(44)39-27(17-14-23-12-13-23)31(43)33(45)38-24-15-16-24)34(46)29(22(2)3)40-35(47)41-37(18-9-8-10-19-37)21-50(48,49)36(4,5)6/h11,22-24,26-30H,7-10,12-21H2,1-6H3,(H,38,45)(H,39,44)(H2,40,41,47). The molecule has 0 spiro atoms. The van der Waals surface area contributed by atoms with E-state index in [1.165, 1.54) is 4.90 Å². The number of ketones is 1. The van der Waals surface area contributed by atoms with Crippen LogP contribution in [0.4, 0.5) is 4.79 Å². The average molecular weight is 718 g/mol. The third-order valence-corrected chi connectivity index (χ3v) is 14.1. The van der Waals surface area contributed by atoms with Gasteiger partial charge in [0.1, 0.15) is 12.1 Å². The van der Waals surface area contributed by atoms with Crippen molar-refractivity contribution in [2.24, 2.45) is 23.7 Å². The molecule has 1 aliphatic heterocycles. The van der Waals surface area contributed by atoms with Crippen LogP contribution in [0.2, 0.25) is 0 Å². The number of nitrogens with one attached hydrogen (secondary N) is 4. The van der Waals surface area contributed by atoms with Gasteiger partial charge in [0.15, 0.2) is 9.84 Å². The Bertz CT molecular complexity index is 1470.